The Balaban J connectivity index is 1.13. The van der Waals surface area contributed by atoms with E-state index in [2.05, 4.69) is 10.6 Å². The lowest BCUT2D eigenvalue weighted by Crippen LogP contribution is -2.44. The summed E-state index contributed by atoms with van der Waals surface area (Å²) in [6, 6.07) is 14.1. The normalized spacial score (nSPS) is 19.7. The molecule has 10 nitrogen and oxygen atoms in total. The van der Waals surface area contributed by atoms with E-state index in [1.165, 1.54) is 12.2 Å². The van der Waals surface area contributed by atoms with Crippen molar-refractivity contribution in [3.8, 4) is 35.1 Å². The van der Waals surface area contributed by atoms with E-state index < -0.39 is 11.8 Å². The molecule has 2 aliphatic heterocycles. The predicted octanol–water partition coefficient (Wildman–Crippen LogP) is 3.20. The number of benzene rings is 2. The van der Waals surface area contributed by atoms with Crippen LogP contribution in [0.1, 0.15) is 36.8 Å². The first-order valence-corrected chi connectivity index (χ1v) is 12.2. The number of carbonyl (C=O) groups is 2. The van der Waals surface area contributed by atoms with Crippen molar-refractivity contribution in [2.45, 2.75) is 37.8 Å². The van der Waals surface area contributed by atoms with E-state index in [4.69, 9.17) is 18.9 Å². The van der Waals surface area contributed by atoms with Gasteiger partial charge in [0.15, 0.2) is 23.0 Å². The van der Waals surface area contributed by atoms with Crippen molar-refractivity contribution < 1.29 is 28.5 Å². The van der Waals surface area contributed by atoms with Gasteiger partial charge in [-0.25, -0.2) is 0 Å². The molecule has 0 unspecified atom stereocenters. The second-order valence-corrected chi connectivity index (χ2v) is 9.06. The van der Waals surface area contributed by atoms with Crippen molar-refractivity contribution in [2.75, 3.05) is 13.6 Å². The highest BCUT2D eigenvalue weighted by Crippen LogP contribution is 2.34. The van der Waals surface area contributed by atoms with Crippen LogP contribution in [0.3, 0.4) is 0 Å². The average molecular weight is 513 g/mol. The molecule has 10 heteroatoms. The van der Waals surface area contributed by atoms with Gasteiger partial charge in [-0.15, -0.1) is 0 Å². The highest BCUT2D eigenvalue weighted by molar-refractivity contribution is 6.02. The Morgan fingerprint density at radius 2 is 1.08 bits per heavy atom. The highest BCUT2D eigenvalue weighted by atomic mass is 16.7. The molecule has 5 rings (SSSR count). The molecule has 0 radical (unpaired) electrons. The van der Waals surface area contributed by atoms with Gasteiger partial charge in [0, 0.05) is 12.1 Å². The fourth-order valence-corrected chi connectivity index (χ4v) is 4.54. The van der Waals surface area contributed by atoms with Crippen LogP contribution < -0.4 is 29.6 Å². The molecule has 0 aromatic heterocycles. The summed E-state index contributed by atoms with van der Waals surface area (Å²) in [5, 5.41) is 24.9. The Morgan fingerprint density at radius 1 is 0.684 bits per heavy atom. The van der Waals surface area contributed by atoms with Gasteiger partial charge >= 0.3 is 0 Å². The Bertz CT molecular complexity index is 1300. The quantitative estimate of drug-likeness (QED) is 0.444. The lowest BCUT2D eigenvalue weighted by molar-refractivity contribution is -0.119. The van der Waals surface area contributed by atoms with Gasteiger partial charge in [0.05, 0.1) is 0 Å². The third-order valence-corrected chi connectivity index (χ3v) is 6.54. The Labute approximate surface area is 219 Å². The number of hydrogen-bond acceptors (Lipinski definition) is 8. The van der Waals surface area contributed by atoms with Crippen LogP contribution in [0.5, 0.6) is 23.0 Å². The molecule has 0 atom stereocenters. The van der Waals surface area contributed by atoms with Crippen molar-refractivity contribution in [2.24, 2.45) is 0 Å². The molecule has 2 aromatic rings. The van der Waals surface area contributed by atoms with Crippen LogP contribution in [-0.2, 0) is 9.59 Å². The smallest absolute Gasteiger partial charge is 0.262 e. The molecule has 0 spiro atoms. The van der Waals surface area contributed by atoms with Gasteiger partial charge < -0.3 is 29.6 Å². The second-order valence-electron chi connectivity index (χ2n) is 9.06. The second kappa shape index (κ2) is 11.0. The Kier molecular flexibility index (Phi) is 7.14. The zero-order valence-electron chi connectivity index (χ0n) is 20.4. The lowest BCUT2D eigenvalue weighted by Gasteiger charge is -2.29. The van der Waals surface area contributed by atoms with Gasteiger partial charge in [-0.3, -0.25) is 9.59 Å². The number of amides is 2. The monoisotopic (exact) mass is 512 g/mol. The molecule has 2 N–H and O–H groups in total. The number of hydrogen-bond donors (Lipinski definition) is 2. The van der Waals surface area contributed by atoms with E-state index in [0.717, 1.165) is 0 Å². The minimum atomic E-state index is -0.448. The summed E-state index contributed by atoms with van der Waals surface area (Å²) < 4.78 is 21.3. The third-order valence-electron chi connectivity index (χ3n) is 6.54. The van der Waals surface area contributed by atoms with Crippen molar-refractivity contribution >= 4 is 24.0 Å². The van der Waals surface area contributed by atoms with E-state index in [1.807, 2.05) is 12.1 Å². The molecule has 1 fully saturated rings. The number of nitrogens with one attached hydrogen (secondary N) is 2. The summed E-state index contributed by atoms with van der Waals surface area (Å²) in [5.74, 6) is 1.50. The van der Waals surface area contributed by atoms with Gasteiger partial charge in [-0.1, -0.05) is 12.1 Å². The maximum absolute atomic E-state index is 12.7. The van der Waals surface area contributed by atoms with Gasteiger partial charge in [0.25, 0.3) is 11.8 Å². The van der Waals surface area contributed by atoms with E-state index in [-0.39, 0.29) is 36.8 Å². The summed E-state index contributed by atoms with van der Waals surface area (Å²) >= 11 is 0. The Morgan fingerprint density at radius 3 is 1.47 bits per heavy atom. The van der Waals surface area contributed by atoms with Gasteiger partial charge in [-0.05, 0) is 73.2 Å². The van der Waals surface area contributed by atoms with Crippen LogP contribution in [0.4, 0.5) is 0 Å². The number of nitriles is 2. The summed E-state index contributed by atoms with van der Waals surface area (Å²) in [5.41, 5.74) is 1.31. The minimum Gasteiger partial charge on any atom is -0.454 e. The highest BCUT2D eigenvalue weighted by Gasteiger charge is 2.25. The summed E-state index contributed by atoms with van der Waals surface area (Å²) in [6.45, 7) is 0.288. The molecular weight excluding hydrogens is 488 g/mol. The molecular formula is C28H24N4O6. The van der Waals surface area contributed by atoms with Gasteiger partial charge in [0.1, 0.15) is 23.3 Å². The van der Waals surface area contributed by atoms with Crippen LogP contribution in [0, 0.1) is 22.7 Å². The number of fused-ring (bicyclic) bond motifs is 2. The largest absolute Gasteiger partial charge is 0.454 e. The first kappa shape index (κ1) is 24.7. The van der Waals surface area contributed by atoms with Crippen LogP contribution in [-0.4, -0.2) is 37.5 Å². The van der Waals surface area contributed by atoms with Crippen molar-refractivity contribution in [1.82, 2.24) is 10.6 Å². The molecule has 2 heterocycles. The first-order chi connectivity index (χ1) is 18.5. The number of rotatable bonds is 6. The van der Waals surface area contributed by atoms with E-state index in [0.29, 0.717) is 59.8 Å². The summed E-state index contributed by atoms with van der Waals surface area (Å²) in [6.07, 6.45) is 5.55. The average Bonchev–Trinajstić information content (AvgIpc) is 3.60. The minimum absolute atomic E-state index is 0.00777. The fourth-order valence-electron chi connectivity index (χ4n) is 4.54. The molecule has 0 bridgehead atoms. The molecule has 38 heavy (non-hydrogen) atoms. The molecule has 1 saturated carbocycles. The van der Waals surface area contributed by atoms with E-state index >= 15 is 0 Å². The molecule has 2 amide bonds. The number of ether oxygens (including phenoxy) is 4. The molecule has 3 aliphatic rings. The molecule has 1 aliphatic carbocycles. The van der Waals surface area contributed by atoms with Crippen LogP contribution in [0.25, 0.3) is 12.2 Å². The molecule has 192 valence electrons. The fraction of sp³-hybridized carbons (Fsp3) is 0.286. The van der Waals surface area contributed by atoms with E-state index in [9.17, 15) is 20.1 Å². The van der Waals surface area contributed by atoms with Crippen molar-refractivity contribution in [1.29, 1.82) is 10.5 Å². The third kappa shape index (κ3) is 5.55. The number of carbonyl (C=O) groups excluding carboxylic acids is 2. The standard InChI is InChI=1S/C28H24N4O6/c29-13-19(9-17-1-7-23-25(11-17)37-15-35-23)27(33)31-21-3-5-22(6-4-21)32-28(34)20(14-30)10-18-2-8-24-26(12-18)38-16-36-24/h1-2,7-12,21-22H,3-6,15-16H2,(H,31,33)(H,32,34). The Hall–Kier alpha value is -4.96. The maximum Gasteiger partial charge on any atom is 0.262 e. The zero-order chi connectivity index (χ0) is 26.5. The number of nitrogens with zero attached hydrogens (tertiary/aromatic N) is 2. The maximum atomic E-state index is 12.7. The summed E-state index contributed by atoms with van der Waals surface area (Å²) in [4.78, 5) is 25.4. The van der Waals surface area contributed by atoms with Crippen molar-refractivity contribution in [3.05, 3.63) is 58.7 Å². The van der Waals surface area contributed by atoms with Crippen LogP contribution >= 0.6 is 0 Å². The van der Waals surface area contributed by atoms with Gasteiger partial charge in [0.2, 0.25) is 13.6 Å². The van der Waals surface area contributed by atoms with Crippen molar-refractivity contribution in [3.63, 3.8) is 0 Å². The SMILES string of the molecule is N#CC(=Cc1ccc2c(c1)OCO2)C(=O)NC1CCC(NC(=O)C(C#N)=Cc2ccc3c(c2)OCO3)CC1. The van der Waals surface area contributed by atoms with Crippen LogP contribution in [0.15, 0.2) is 47.5 Å². The zero-order valence-corrected chi connectivity index (χ0v) is 20.4. The lowest BCUT2D eigenvalue weighted by atomic mass is 9.90. The predicted molar refractivity (Wildman–Crippen MR) is 135 cm³/mol. The summed E-state index contributed by atoms with van der Waals surface area (Å²) in [7, 11) is 0. The van der Waals surface area contributed by atoms with E-state index in [1.54, 1.807) is 36.4 Å². The molecule has 0 saturated heterocycles. The van der Waals surface area contributed by atoms with Crippen LogP contribution in [0.2, 0.25) is 0 Å². The van der Waals surface area contributed by atoms with Gasteiger partial charge in [-0.2, -0.15) is 10.5 Å². The topological polar surface area (TPSA) is 143 Å². The first-order valence-electron chi connectivity index (χ1n) is 12.2. The molecule has 2 aromatic carbocycles.